The molecule has 1 N–H and O–H groups in total. The minimum atomic E-state index is 0.559. The van der Waals surface area contributed by atoms with Gasteiger partial charge in [0.2, 0.25) is 0 Å². The number of fused-ring (bicyclic) bond motifs is 3. The van der Waals surface area contributed by atoms with Crippen molar-refractivity contribution in [1.29, 1.82) is 0 Å². The van der Waals surface area contributed by atoms with E-state index in [1.54, 1.807) is 0 Å². The first-order valence-electron chi connectivity index (χ1n) is 9.68. The van der Waals surface area contributed by atoms with Gasteiger partial charge in [-0.3, -0.25) is 9.38 Å². The van der Waals surface area contributed by atoms with E-state index in [2.05, 4.69) is 28.9 Å². The number of imidazole rings is 1. The number of ether oxygens (including phenoxy) is 1. The molecule has 2 aromatic rings. The predicted molar refractivity (Wildman–Crippen MR) is 97.7 cm³/mol. The molecule has 2 aliphatic heterocycles. The van der Waals surface area contributed by atoms with Gasteiger partial charge in [-0.25, -0.2) is 4.98 Å². The van der Waals surface area contributed by atoms with Crippen LogP contribution in [0.3, 0.4) is 0 Å². The number of rotatable bonds is 2. The van der Waals surface area contributed by atoms with Crippen molar-refractivity contribution in [2.24, 2.45) is 5.92 Å². The molecule has 3 aliphatic rings. The number of aromatic nitrogens is 3. The summed E-state index contributed by atoms with van der Waals surface area (Å²) in [7, 11) is 0. The van der Waals surface area contributed by atoms with Crippen LogP contribution < -0.4 is 5.32 Å². The van der Waals surface area contributed by atoms with E-state index in [1.807, 2.05) is 6.20 Å². The fraction of sp³-hybridized carbons (Fsp3) is 0.600. The Kier molecular flexibility index (Phi) is 3.86. The van der Waals surface area contributed by atoms with Crippen molar-refractivity contribution < 1.29 is 4.74 Å². The van der Waals surface area contributed by atoms with E-state index in [9.17, 15) is 0 Å². The zero-order valence-electron chi connectivity index (χ0n) is 14.9. The van der Waals surface area contributed by atoms with E-state index in [4.69, 9.17) is 14.7 Å². The molecular weight excluding hydrogens is 312 g/mol. The highest BCUT2D eigenvalue weighted by Gasteiger charge is 2.29. The largest absolute Gasteiger partial charge is 0.381 e. The molecule has 5 nitrogen and oxygen atoms in total. The third kappa shape index (κ3) is 2.70. The van der Waals surface area contributed by atoms with Crippen LogP contribution in [0.4, 0.5) is 0 Å². The summed E-state index contributed by atoms with van der Waals surface area (Å²) in [6.07, 6.45) is 12.2. The molecule has 0 radical (unpaired) electrons. The lowest BCUT2D eigenvalue weighted by atomic mass is 9.90. The molecule has 5 rings (SSSR count). The average molecular weight is 338 g/mol. The second kappa shape index (κ2) is 6.22. The first-order chi connectivity index (χ1) is 12.3. The van der Waals surface area contributed by atoms with Gasteiger partial charge in [-0.15, -0.1) is 0 Å². The summed E-state index contributed by atoms with van der Waals surface area (Å²) in [5.41, 5.74) is 6.22. The lowest BCUT2D eigenvalue weighted by Crippen LogP contribution is -2.34. The van der Waals surface area contributed by atoms with Crippen LogP contribution in [0.25, 0.3) is 11.2 Å². The van der Waals surface area contributed by atoms with E-state index in [1.165, 1.54) is 35.5 Å². The van der Waals surface area contributed by atoms with Crippen LogP contribution >= 0.6 is 0 Å². The minimum Gasteiger partial charge on any atom is -0.381 e. The van der Waals surface area contributed by atoms with Crippen LogP contribution in [-0.4, -0.2) is 40.2 Å². The molecule has 1 aliphatic carbocycles. The Morgan fingerprint density at radius 2 is 2.08 bits per heavy atom. The molecule has 0 spiro atoms. The van der Waals surface area contributed by atoms with Crippen LogP contribution in [0.1, 0.15) is 55.6 Å². The van der Waals surface area contributed by atoms with Gasteiger partial charge in [0, 0.05) is 37.8 Å². The molecule has 0 aromatic carbocycles. The highest BCUT2D eigenvalue weighted by Crippen LogP contribution is 2.38. The monoisotopic (exact) mass is 338 g/mol. The molecule has 2 fully saturated rings. The molecule has 0 amide bonds. The summed E-state index contributed by atoms with van der Waals surface area (Å²) >= 11 is 0. The summed E-state index contributed by atoms with van der Waals surface area (Å²) < 4.78 is 7.88. The van der Waals surface area contributed by atoms with Gasteiger partial charge in [0.15, 0.2) is 5.65 Å². The lowest BCUT2D eigenvalue weighted by Gasteiger charge is -2.26. The number of allylic oxidation sites excluding steroid dienone is 2. The first kappa shape index (κ1) is 15.5. The fourth-order valence-electron chi connectivity index (χ4n) is 4.74. The van der Waals surface area contributed by atoms with Gasteiger partial charge in [0.25, 0.3) is 0 Å². The molecule has 132 valence electrons. The molecule has 5 heteroatoms. The van der Waals surface area contributed by atoms with Crippen molar-refractivity contribution >= 4 is 11.2 Å². The molecule has 0 bridgehead atoms. The van der Waals surface area contributed by atoms with Gasteiger partial charge in [-0.05, 0) is 50.6 Å². The van der Waals surface area contributed by atoms with Crippen molar-refractivity contribution in [3.05, 3.63) is 35.6 Å². The molecule has 4 heterocycles. The van der Waals surface area contributed by atoms with E-state index >= 15 is 0 Å². The van der Waals surface area contributed by atoms with Gasteiger partial charge < -0.3 is 10.1 Å². The number of nitrogens with one attached hydrogen (secondary N) is 1. The molecule has 25 heavy (non-hydrogen) atoms. The van der Waals surface area contributed by atoms with Crippen LogP contribution in [0.2, 0.25) is 0 Å². The number of hydrogen-bond donors (Lipinski definition) is 1. The van der Waals surface area contributed by atoms with Gasteiger partial charge in [0.05, 0.1) is 23.3 Å². The van der Waals surface area contributed by atoms with Gasteiger partial charge in [0.1, 0.15) is 0 Å². The van der Waals surface area contributed by atoms with Crippen molar-refractivity contribution in [3.63, 3.8) is 0 Å². The Hall–Kier alpha value is -1.72. The fourth-order valence-corrected chi connectivity index (χ4v) is 4.74. The Morgan fingerprint density at radius 3 is 2.92 bits per heavy atom. The second-order valence-electron chi connectivity index (χ2n) is 7.77. The van der Waals surface area contributed by atoms with Crippen molar-refractivity contribution in [2.75, 3.05) is 19.8 Å². The smallest absolute Gasteiger partial charge is 0.156 e. The third-order valence-corrected chi connectivity index (χ3v) is 6.09. The first-order valence-corrected chi connectivity index (χ1v) is 9.68. The predicted octanol–water partition coefficient (Wildman–Crippen LogP) is 2.95. The summed E-state index contributed by atoms with van der Waals surface area (Å²) in [6.45, 7) is 5.11. The zero-order valence-corrected chi connectivity index (χ0v) is 14.9. The maximum absolute atomic E-state index is 5.56. The van der Waals surface area contributed by atoms with E-state index in [0.717, 1.165) is 44.7 Å². The van der Waals surface area contributed by atoms with Crippen LogP contribution in [0, 0.1) is 5.92 Å². The summed E-state index contributed by atoms with van der Waals surface area (Å²) in [5, 5.41) is 3.54. The summed E-state index contributed by atoms with van der Waals surface area (Å²) in [4.78, 5) is 9.68. The molecule has 2 saturated heterocycles. The van der Waals surface area contributed by atoms with Crippen LogP contribution in [0.5, 0.6) is 0 Å². The maximum Gasteiger partial charge on any atom is 0.156 e. The van der Waals surface area contributed by atoms with Crippen LogP contribution in [-0.2, 0) is 11.2 Å². The Morgan fingerprint density at radius 1 is 1.20 bits per heavy atom. The molecule has 2 atom stereocenters. The highest BCUT2D eigenvalue weighted by atomic mass is 16.5. The van der Waals surface area contributed by atoms with E-state index < -0.39 is 0 Å². The molecule has 2 aromatic heterocycles. The summed E-state index contributed by atoms with van der Waals surface area (Å²) in [5.74, 6) is 1.16. The van der Waals surface area contributed by atoms with Crippen molar-refractivity contribution in [2.45, 2.75) is 51.0 Å². The topological polar surface area (TPSA) is 51.5 Å². The standard InChI is InChI=1S/C20H26N4O/c1-13-10-15(4-7-21-13)18-12-24-19(23-18)11-22-17-3-2-16(20(17)24)14-5-8-25-9-6-14/h2,11-15,21H,3-10H2,1H3/t13-,15-/m1/s1. The van der Waals surface area contributed by atoms with Gasteiger partial charge in [-0.1, -0.05) is 6.08 Å². The van der Waals surface area contributed by atoms with Crippen LogP contribution in [0.15, 0.2) is 18.5 Å². The van der Waals surface area contributed by atoms with E-state index in [0.29, 0.717) is 17.9 Å². The Bertz CT molecular complexity index is 818. The molecule has 0 saturated carbocycles. The van der Waals surface area contributed by atoms with Crippen molar-refractivity contribution in [3.8, 4) is 0 Å². The third-order valence-electron chi connectivity index (χ3n) is 6.09. The normalized spacial score (nSPS) is 27.5. The quantitative estimate of drug-likeness (QED) is 0.915. The zero-order chi connectivity index (χ0) is 16.8. The van der Waals surface area contributed by atoms with E-state index in [-0.39, 0.29) is 0 Å². The van der Waals surface area contributed by atoms with Gasteiger partial charge in [-0.2, -0.15) is 0 Å². The van der Waals surface area contributed by atoms with Gasteiger partial charge >= 0.3 is 0 Å². The van der Waals surface area contributed by atoms with Crippen molar-refractivity contribution in [1.82, 2.24) is 19.7 Å². The Balaban J connectivity index is 1.53. The Labute approximate surface area is 148 Å². The molecule has 0 unspecified atom stereocenters. The molecular formula is C20H26N4O. The maximum atomic E-state index is 5.56. The number of hydrogen-bond acceptors (Lipinski definition) is 4. The minimum absolute atomic E-state index is 0.559. The number of nitrogens with zero attached hydrogens (tertiary/aromatic N) is 3. The highest BCUT2D eigenvalue weighted by molar-refractivity contribution is 5.73. The summed E-state index contributed by atoms with van der Waals surface area (Å²) in [6, 6.07) is 0.574. The second-order valence-corrected chi connectivity index (χ2v) is 7.77. The number of piperidine rings is 1. The average Bonchev–Trinajstić information content (AvgIpc) is 3.26. The lowest BCUT2D eigenvalue weighted by molar-refractivity contribution is 0.0807. The SMILES string of the molecule is C[C@@H]1C[C@H](c2cn3c4c(ncc3n2)CC=C4C2CCOCC2)CCN1.